The second-order valence-corrected chi connectivity index (χ2v) is 7.63. The standard InChI is InChI=1S/C12H14F4N2O.C11H9N3O/c1-7-10(3-2-4-17-7)19-11-9(13)5-8(6-18-11)12(14,15)16;1-8-3-6-12-9(7-15)10(8)11-13-4-2-5-14-11/h5-7,10,17H,2-4H2,1H3;2-7H,1H3/t7-,10+;/m0./s1. The average Bonchev–Trinajstić information content (AvgIpc) is 2.82. The fraction of sp³-hybridized carbons (Fsp3) is 0.348. The van der Waals surface area contributed by atoms with Crippen LogP contribution in [0.1, 0.15) is 41.4 Å². The molecule has 34 heavy (non-hydrogen) atoms. The van der Waals surface area contributed by atoms with Gasteiger partial charge in [0.05, 0.1) is 11.1 Å². The first kappa shape index (κ1) is 25.2. The van der Waals surface area contributed by atoms with Gasteiger partial charge in [-0.25, -0.2) is 19.3 Å². The highest BCUT2D eigenvalue weighted by atomic mass is 19.4. The maximum atomic E-state index is 13.6. The topological polar surface area (TPSA) is 89.9 Å². The lowest BCUT2D eigenvalue weighted by molar-refractivity contribution is -0.138. The first-order valence-electron chi connectivity index (χ1n) is 10.5. The summed E-state index contributed by atoms with van der Waals surface area (Å²) in [5.74, 6) is -0.939. The number of hydrogen-bond acceptors (Lipinski definition) is 7. The van der Waals surface area contributed by atoms with E-state index in [1.165, 1.54) is 0 Å². The van der Waals surface area contributed by atoms with Gasteiger partial charge in [0.25, 0.3) is 5.88 Å². The van der Waals surface area contributed by atoms with Crippen molar-refractivity contribution in [3.05, 3.63) is 65.6 Å². The Morgan fingerprint density at radius 2 is 1.88 bits per heavy atom. The van der Waals surface area contributed by atoms with Gasteiger partial charge >= 0.3 is 6.18 Å². The summed E-state index contributed by atoms with van der Waals surface area (Å²) in [5.41, 5.74) is 0.903. The van der Waals surface area contributed by atoms with E-state index >= 15 is 0 Å². The minimum absolute atomic E-state index is 0.0113. The summed E-state index contributed by atoms with van der Waals surface area (Å²) < 4.78 is 56.0. The molecule has 0 amide bonds. The van der Waals surface area contributed by atoms with E-state index in [2.05, 4.69) is 25.3 Å². The highest BCUT2D eigenvalue weighted by Gasteiger charge is 2.32. The van der Waals surface area contributed by atoms with Gasteiger partial charge < -0.3 is 10.1 Å². The predicted octanol–water partition coefficient (Wildman–Crippen LogP) is 4.42. The summed E-state index contributed by atoms with van der Waals surface area (Å²) >= 11 is 0. The van der Waals surface area contributed by atoms with Crippen LogP contribution in [0.4, 0.5) is 17.6 Å². The predicted molar refractivity (Wildman–Crippen MR) is 116 cm³/mol. The number of ether oxygens (including phenoxy) is 1. The number of nitrogens with zero attached hydrogens (tertiary/aromatic N) is 4. The maximum Gasteiger partial charge on any atom is 0.417 e. The molecule has 7 nitrogen and oxygen atoms in total. The van der Waals surface area contributed by atoms with E-state index in [1.807, 2.05) is 19.9 Å². The molecule has 0 radical (unpaired) electrons. The van der Waals surface area contributed by atoms with Crippen molar-refractivity contribution >= 4 is 6.29 Å². The van der Waals surface area contributed by atoms with Crippen LogP contribution in [0, 0.1) is 12.7 Å². The van der Waals surface area contributed by atoms with Gasteiger partial charge in [0, 0.05) is 30.8 Å². The molecular weight excluding hydrogens is 454 g/mol. The molecule has 0 bridgehead atoms. The van der Waals surface area contributed by atoms with E-state index in [-0.39, 0.29) is 18.0 Å². The zero-order chi connectivity index (χ0) is 24.7. The van der Waals surface area contributed by atoms with Crippen molar-refractivity contribution in [2.45, 2.75) is 45.0 Å². The van der Waals surface area contributed by atoms with Crippen LogP contribution >= 0.6 is 0 Å². The summed E-state index contributed by atoms with van der Waals surface area (Å²) in [7, 11) is 0. The van der Waals surface area contributed by atoms with Crippen LogP contribution in [0.3, 0.4) is 0 Å². The van der Waals surface area contributed by atoms with Gasteiger partial charge in [-0.3, -0.25) is 9.78 Å². The Morgan fingerprint density at radius 3 is 2.50 bits per heavy atom. The summed E-state index contributed by atoms with van der Waals surface area (Å²) in [4.78, 5) is 26.5. The monoisotopic (exact) mass is 477 g/mol. The van der Waals surface area contributed by atoms with Gasteiger partial charge in [-0.05, 0) is 57.0 Å². The number of rotatable bonds is 4. The Hall–Kier alpha value is -3.47. The van der Waals surface area contributed by atoms with E-state index in [0.29, 0.717) is 29.3 Å². The molecule has 1 fully saturated rings. The Kier molecular flexibility index (Phi) is 8.21. The van der Waals surface area contributed by atoms with Gasteiger partial charge in [0.1, 0.15) is 11.8 Å². The molecule has 180 valence electrons. The fourth-order valence-electron chi connectivity index (χ4n) is 3.37. The number of carbonyl (C=O) groups is 1. The maximum absolute atomic E-state index is 13.6. The first-order valence-corrected chi connectivity index (χ1v) is 10.5. The van der Waals surface area contributed by atoms with Crippen LogP contribution in [0.5, 0.6) is 5.88 Å². The van der Waals surface area contributed by atoms with Crippen LogP contribution in [-0.2, 0) is 6.18 Å². The SMILES string of the molecule is C[C@@H]1NCCC[C@H]1Oc1ncc(C(F)(F)F)cc1F.Cc1ccnc(C=O)c1-c1ncccn1. The number of pyridine rings is 2. The highest BCUT2D eigenvalue weighted by molar-refractivity contribution is 5.84. The van der Waals surface area contributed by atoms with Crippen LogP contribution in [0.25, 0.3) is 11.4 Å². The van der Waals surface area contributed by atoms with E-state index in [0.717, 1.165) is 31.2 Å². The van der Waals surface area contributed by atoms with Crippen molar-refractivity contribution in [2.75, 3.05) is 6.54 Å². The van der Waals surface area contributed by atoms with Crippen molar-refractivity contribution in [1.29, 1.82) is 0 Å². The Labute approximate surface area is 193 Å². The van der Waals surface area contributed by atoms with Crippen molar-refractivity contribution in [3.8, 4) is 17.3 Å². The van der Waals surface area contributed by atoms with Crippen molar-refractivity contribution < 1.29 is 27.1 Å². The van der Waals surface area contributed by atoms with Gasteiger partial charge in [-0.15, -0.1) is 0 Å². The molecule has 0 unspecified atom stereocenters. The van der Waals surface area contributed by atoms with E-state index in [4.69, 9.17) is 4.74 Å². The largest absolute Gasteiger partial charge is 0.471 e. The molecule has 4 rings (SSSR count). The van der Waals surface area contributed by atoms with Gasteiger partial charge in [0.15, 0.2) is 17.9 Å². The molecule has 0 spiro atoms. The number of halogens is 4. The van der Waals surface area contributed by atoms with Gasteiger partial charge in [-0.1, -0.05) is 0 Å². The van der Waals surface area contributed by atoms with Crippen LogP contribution in [-0.4, -0.2) is 44.9 Å². The van der Waals surface area contributed by atoms with Gasteiger partial charge in [-0.2, -0.15) is 13.2 Å². The summed E-state index contributed by atoms with van der Waals surface area (Å²) in [5, 5.41) is 3.15. The third kappa shape index (κ3) is 6.31. The molecule has 1 aliphatic heterocycles. The molecule has 0 aliphatic carbocycles. The summed E-state index contributed by atoms with van der Waals surface area (Å²) in [6.45, 7) is 4.64. The lowest BCUT2D eigenvalue weighted by atomic mass is 10.0. The minimum atomic E-state index is -4.61. The number of aldehydes is 1. The summed E-state index contributed by atoms with van der Waals surface area (Å²) in [6, 6.07) is 3.98. The molecule has 0 aromatic carbocycles. The molecule has 1 N–H and O–H groups in total. The van der Waals surface area contributed by atoms with Crippen LogP contribution in [0.15, 0.2) is 43.0 Å². The van der Waals surface area contributed by atoms with Crippen molar-refractivity contribution in [2.24, 2.45) is 0 Å². The normalized spacial score (nSPS) is 17.9. The molecule has 2 atom stereocenters. The van der Waals surface area contributed by atoms with Crippen LogP contribution in [0.2, 0.25) is 0 Å². The Balaban J connectivity index is 0.000000196. The zero-order valence-corrected chi connectivity index (χ0v) is 18.5. The molecule has 4 heterocycles. The number of hydrogen-bond donors (Lipinski definition) is 1. The number of aryl methyl sites for hydroxylation is 1. The highest BCUT2D eigenvalue weighted by Crippen LogP contribution is 2.31. The van der Waals surface area contributed by atoms with Crippen molar-refractivity contribution in [3.63, 3.8) is 0 Å². The third-order valence-corrected chi connectivity index (χ3v) is 5.18. The number of piperidine rings is 1. The molecular formula is C23H23F4N5O2. The molecule has 3 aromatic heterocycles. The van der Waals surface area contributed by atoms with Gasteiger partial charge in [0.2, 0.25) is 0 Å². The van der Waals surface area contributed by atoms with E-state index < -0.39 is 17.6 Å². The lowest BCUT2D eigenvalue weighted by Crippen LogP contribution is -2.45. The number of alkyl halides is 3. The molecule has 3 aromatic rings. The minimum Gasteiger partial charge on any atom is -0.471 e. The van der Waals surface area contributed by atoms with E-state index in [9.17, 15) is 22.4 Å². The molecule has 1 aliphatic rings. The second kappa shape index (κ2) is 11.1. The Morgan fingerprint density at radius 1 is 1.15 bits per heavy atom. The first-order chi connectivity index (χ1) is 16.2. The smallest absolute Gasteiger partial charge is 0.417 e. The fourth-order valence-corrected chi connectivity index (χ4v) is 3.37. The van der Waals surface area contributed by atoms with Crippen molar-refractivity contribution in [1.82, 2.24) is 25.3 Å². The van der Waals surface area contributed by atoms with Crippen LogP contribution < -0.4 is 10.1 Å². The molecule has 1 saturated heterocycles. The summed E-state index contributed by atoms with van der Waals surface area (Å²) in [6.07, 6.45) is 2.89. The quantitative estimate of drug-likeness (QED) is 0.440. The molecule has 11 heteroatoms. The Bertz CT molecular complexity index is 1110. The van der Waals surface area contributed by atoms with E-state index in [1.54, 1.807) is 24.7 Å². The third-order valence-electron chi connectivity index (χ3n) is 5.18. The molecule has 0 saturated carbocycles. The average molecular weight is 477 g/mol. The lowest BCUT2D eigenvalue weighted by Gasteiger charge is -2.30. The number of aromatic nitrogens is 4. The number of carbonyl (C=O) groups excluding carboxylic acids is 1. The number of nitrogens with one attached hydrogen (secondary N) is 1. The zero-order valence-electron chi connectivity index (χ0n) is 18.5. The second-order valence-electron chi connectivity index (χ2n) is 7.63.